The normalized spacial score (nSPS) is 17.6. The van der Waals surface area contributed by atoms with Gasteiger partial charge in [0.1, 0.15) is 5.75 Å². The van der Waals surface area contributed by atoms with Crippen molar-refractivity contribution < 1.29 is 14.6 Å². The number of aliphatic hydroxyl groups is 1. The third kappa shape index (κ3) is 2.52. The highest BCUT2D eigenvalue weighted by molar-refractivity contribution is 5.39. The summed E-state index contributed by atoms with van der Waals surface area (Å²) in [5.74, 6) is 1.40. The van der Waals surface area contributed by atoms with Crippen molar-refractivity contribution in [3.05, 3.63) is 29.3 Å². The lowest BCUT2D eigenvalue weighted by Gasteiger charge is -2.40. The Labute approximate surface area is 109 Å². The topological polar surface area (TPSA) is 38.7 Å². The van der Waals surface area contributed by atoms with Crippen LogP contribution >= 0.6 is 0 Å². The summed E-state index contributed by atoms with van der Waals surface area (Å²) >= 11 is 0. The lowest BCUT2D eigenvalue weighted by atomic mass is 9.80. The second-order valence-electron chi connectivity index (χ2n) is 5.55. The highest BCUT2D eigenvalue weighted by atomic mass is 16.5. The number of benzene rings is 1. The minimum absolute atomic E-state index is 0.108. The van der Waals surface area contributed by atoms with Crippen molar-refractivity contribution >= 4 is 0 Å². The van der Waals surface area contributed by atoms with Gasteiger partial charge < -0.3 is 14.6 Å². The van der Waals surface area contributed by atoms with Crippen LogP contribution in [0.4, 0.5) is 0 Å². The van der Waals surface area contributed by atoms with E-state index in [1.54, 1.807) is 7.11 Å². The van der Waals surface area contributed by atoms with Crippen LogP contribution in [-0.2, 0) is 11.2 Å². The van der Waals surface area contributed by atoms with E-state index in [4.69, 9.17) is 9.47 Å². The lowest BCUT2D eigenvalue weighted by molar-refractivity contribution is -0.136. The Bertz CT molecular complexity index is 403. The minimum Gasteiger partial charge on any atom is -0.496 e. The molecule has 3 nitrogen and oxygen atoms in total. The Hall–Kier alpha value is -1.06. The number of hydrogen-bond donors (Lipinski definition) is 1. The Morgan fingerprint density at radius 3 is 2.56 bits per heavy atom. The van der Waals surface area contributed by atoms with Gasteiger partial charge in [0, 0.05) is 5.41 Å². The molecule has 1 fully saturated rings. The van der Waals surface area contributed by atoms with Crippen LogP contribution < -0.4 is 4.74 Å². The van der Waals surface area contributed by atoms with Gasteiger partial charge in [0.15, 0.2) is 0 Å². The monoisotopic (exact) mass is 250 g/mol. The Kier molecular flexibility index (Phi) is 3.93. The molecule has 0 saturated carbocycles. The summed E-state index contributed by atoms with van der Waals surface area (Å²) in [5, 5.41) is 9.52. The fourth-order valence-corrected chi connectivity index (χ4v) is 2.34. The first-order valence-corrected chi connectivity index (χ1v) is 6.46. The molecular weight excluding hydrogens is 228 g/mol. The van der Waals surface area contributed by atoms with Crippen LogP contribution in [0.1, 0.15) is 30.9 Å². The maximum Gasteiger partial charge on any atom is 0.122 e. The summed E-state index contributed by atoms with van der Waals surface area (Å²) in [6.07, 6.45) is 0.813. The summed E-state index contributed by atoms with van der Waals surface area (Å²) < 4.78 is 10.7. The molecule has 0 aromatic heterocycles. The zero-order valence-corrected chi connectivity index (χ0v) is 11.4. The molecule has 1 aromatic carbocycles. The Balaban J connectivity index is 2.26. The maximum atomic E-state index is 9.52. The molecule has 1 aliphatic heterocycles. The fourth-order valence-electron chi connectivity index (χ4n) is 2.34. The molecule has 18 heavy (non-hydrogen) atoms. The van der Waals surface area contributed by atoms with Crippen molar-refractivity contribution in [3.63, 3.8) is 0 Å². The van der Waals surface area contributed by atoms with Gasteiger partial charge in [-0.2, -0.15) is 0 Å². The van der Waals surface area contributed by atoms with Gasteiger partial charge in [-0.1, -0.05) is 26.0 Å². The number of ether oxygens (including phenoxy) is 2. The second-order valence-corrected chi connectivity index (χ2v) is 5.55. The fraction of sp³-hybridized carbons (Fsp3) is 0.600. The summed E-state index contributed by atoms with van der Waals surface area (Å²) in [7, 11) is 1.69. The average molecular weight is 250 g/mol. The van der Waals surface area contributed by atoms with Gasteiger partial charge in [0.05, 0.1) is 26.9 Å². The van der Waals surface area contributed by atoms with Crippen molar-refractivity contribution in [1.29, 1.82) is 0 Å². The van der Waals surface area contributed by atoms with Crippen molar-refractivity contribution in [2.24, 2.45) is 5.41 Å². The summed E-state index contributed by atoms with van der Waals surface area (Å²) in [4.78, 5) is 0. The molecule has 0 spiro atoms. The van der Waals surface area contributed by atoms with Gasteiger partial charge in [-0.3, -0.25) is 0 Å². The van der Waals surface area contributed by atoms with Crippen LogP contribution in [0.5, 0.6) is 5.75 Å². The number of methoxy groups -OCH3 is 1. The molecule has 3 heteroatoms. The first-order chi connectivity index (χ1) is 8.60. The predicted octanol–water partition coefficient (Wildman–Crippen LogP) is 2.37. The van der Waals surface area contributed by atoms with Gasteiger partial charge in [0.25, 0.3) is 0 Å². The van der Waals surface area contributed by atoms with E-state index in [1.165, 1.54) is 11.1 Å². The van der Waals surface area contributed by atoms with E-state index in [0.29, 0.717) is 19.1 Å². The van der Waals surface area contributed by atoms with Gasteiger partial charge in [-0.15, -0.1) is 0 Å². The third-order valence-corrected chi connectivity index (χ3v) is 3.69. The molecule has 2 rings (SSSR count). The van der Waals surface area contributed by atoms with E-state index in [-0.39, 0.29) is 12.0 Å². The molecule has 1 aromatic rings. The standard InChI is InChI=1S/C15H22O3/c1-11(2)12-4-5-14(17-3)13(6-12)7-15(8-16)9-18-10-15/h4-6,11,16H,7-10H2,1-3H3. The van der Waals surface area contributed by atoms with Gasteiger partial charge >= 0.3 is 0 Å². The van der Waals surface area contributed by atoms with Crippen molar-refractivity contribution in [2.75, 3.05) is 26.9 Å². The average Bonchev–Trinajstić information content (AvgIpc) is 2.33. The van der Waals surface area contributed by atoms with E-state index < -0.39 is 0 Å². The van der Waals surface area contributed by atoms with Gasteiger partial charge in [0.2, 0.25) is 0 Å². The molecule has 0 amide bonds. The zero-order chi connectivity index (χ0) is 13.2. The Morgan fingerprint density at radius 1 is 1.39 bits per heavy atom. The molecule has 0 aliphatic carbocycles. The molecule has 0 unspecified atom stereocenters. The predicted molar refractivity (Wildman–Crippen MR) is 71.1 cm³/mol. The molecule has 0 radical (unpaired) electrons. The minimum atomic E-state index is -0.108. The first-order valence-electron chi connectivity index (χ1n) is 6.46. The second kappa shape index (κ2) is 5.29. The molecule has 1 saturated heterocycles. The van der Waals surface area contributed by atoms with Crippen LogP contribution in [0.2, 0.25) is 0 Å². The number of rotatable bonds is 5. The highest BCUT2D eigenvalue weighted by Crippen LogP contribution is 2.35. The molecule has 0 atom stereocenters. The maximum absolute atomic E-state index is 9.52. The Morgan fingerprint density at radius 2 is 2.11 bits per heavy atom. The summed E-state index contributed by atoms with van der Waals surface area (Å²) in [6.45, 7) is 5.80. The lowest BCUT2D eigenvalue weighted by Crippen LogP contribution is -2.47. The smallest absolute Gasteiger partial charge is 0.122 e. The number of hydrogen-bond acceptors (Lipinski definition) is 3. The third-order valence-electron chi connectivity index (χ3n) is 3.69. The van der Waals surface area contributed by atoms with E-state index >= 15 is 0 Å². The molecule has 1 aliphatic rings. The SMILES string of the molecule is COc1ccc(C(C)C)cc1CC1(CO)COC1. The quantitative estimate of drug-likeness (QED) is 0.872. The van der Waals surface area contributed by atoms with Crippen molar-refractivity contribution in [2.45, 2.75) is 26.2 Å². The molecule has 100 valence electrons. The van der Waals surface area contributed by atoms with E-state index in [0.717, 1.165) is 12.2 Å². The van der Waals surface area contributed by atoms with Crippen LogP contribution in [0, 0.1) is 5.41 Å². The van der Waals surface area contributed by atoms with Gasteiger partial charge in [-0.05, 0) is 29.5 Å². The van der Waals surface area contributed by atoms with Crippen LogP contribution in [0.15, 0.2) is 18.2 Å². The van der Waals surface area contributed by atoms with E-state index in [9.17, 15) is 5.11 Å². The number of aliphatic hydroxyl groups excluding tert-OH is 1. The highest BCUT2D eigenvalue weighted by Gasteiger charge is 2.38. The molecule has 0 bridgehead atoms. The summed E-state index contributed by atoms with van der Waals surface area (Å²) in [5.41, 5.74) is 2.36. The van der Waals surface area contributed by atoms with Gasteiger partial charge in [-0.25, -0.2) is 0 Å². The van der Waals surface area contributed by atoms with Crippen molar-refractivity contribution in [3.8, 4) is 5.75 Å². The molecule has 1 N–H and O–H groups in total. The largest absolute Gasteiger partial charge is 0.496 e. The van der Waals surface area contributed by atoms with Crippen LogP contribution in [0.3, 0.4) is 0 Å². The zero-order valence-electron chi connectivity index (χ0n) is 11.4. The van der Waals surface area contributed by atoms with Crippen molar-refractivity contribution in [1.82, 2.24) is 0 Å². The summed E-state index contributed by atoms with van der Waals surface area (Å²) in [6, 6.07) is 6.32. The van der Waals surface area contributed by atoms with Crippen LogP contribution in [0.25, 0.3) is 0 Å². The van der Waals surface area contributed by atoms with E-state index in [1.807, 2.05) is 6.07 Å². The van der Waals surface area contributed by atoms with Crippen LogP contribution in [-0.4, -0.2) is 32.0 Å². The molecular formula is C15H22O3. The molecule has 1 heterocycles. The van der Waals surface area contributed by atoms with E-state index in [2.05, 4.69) is 26.0 Å². The first kappa shape index (κ1) is 13.4.